The van der Waals surface area contributed by atoms with Gasteiger partial charge in [-0.25, -0.2) is 4.79 Å². The van der Waals surface area contributed by atoms with Crippen molar-refractivity contribution in [2.45, 2.75) is 39.2 Å². The Labute approximate surface area is 100 Å². The van der Waals surface area contributed by atoms with Gasteiger partial charge in [-0.15, -0.1) is 0 Å². The molecule has 96 valence electrons. The van der Waals surface area contributed by atoms with E-state index in [0.717, 1.165) is 17.7 Å². The van der Waals surface area contributed by atoms with Crippen molar-refractivity contribution in [2.24, 2.45) is 0 Å². The highest BCUT2D eigenvalue weighted by Gasteiger charge is 2.34. The molecule has 1 heterocycles. The van der Waals surface area contributed by atoms with E-state index in [1.165, 1.54) is 0 Å². The third-order valence-electron chi connectivity index (χ3n) is 2.49. The molecule has 1 atom stereocenters. The zero-order valence-electron chi connectivity index (χ0n) is 10.2. The number of urea groups is 1. The molecule has 0 saturated carbocycles. The molecule has 6 nitrogen and oxygen atoms in total. The number of nitrogens with one attached hydrogen (secondary N) is 1. The van der Waals surface area contributed by atoms with Crippen molar-refractivity contribution < 1.29 is 19.1 Å². The maximum Gasteiger partial charge on any atom is 0.331 e. The van der Waals surface area contributed by atoms with Gasteiger partial charge in [-0.05, 0) is 13.3 Å². The van der Waals surface area contributed by atoms with Gasteiger partial charge in [-0.3, -0.25) is 19.8 Å². The number of hydrogen-bond donors (Lipinski definition) is 1. The minimum absolute atomic E-state index is 0.273. The summed E-state index contributed by atoms with van der Waals surface area (Å²) in [6.07, 6.45) is 1.71. The number of barbiturate groups is 1. The number of unbranched alkanes of at least 4 members (excludes halogenated alkanes) is 1. The standard InChI is InChI=1S/C11H18N2O4/c1-3-4-5-17-7-8(2)13-10(15)6-9(14)12-11(13)16/h8H,3-7H2,1-2H3,(H,12,14,16)/t8-/m1/s1. The van der Waals surface area contributed by atoms with E-state index in [-0.39, 0.29) is 12.5 Å². The molecule has 1 N–H and O–H groups in total. The summed E-state index contributed by atoms with van der Waals surface area (Å²) in [6.45, 7) is 4.69. The number of amides is 4. The topological polar surface area (TPSA) is 75.7 Å². The summed E-state index contributed by atoms with van der Waals surface area (Å²) in [5.41, 5.74) is 0. The molecular formula is C11H18N2O4. The van der Waals surface area contributed by atoms with Gasteiger partial charge >= 0.3 is 6.03 Å². The predicted molar refractivity (Wildman–Crippen MR) is 60.2 cm³/mol. The van der Waals surface area contributed by atoms with Crippen LogP contribution >= 0.6 is 0 Å². The molecule has 6 heteroatoms. The van der Waals surface area contributed by atoms with Crippen molar-refractivity contribution in [2.75, 3.05) is 13.2 Å². The van der Waals surface area contributed by atoms with E-state index in [1.54, 1.807) is 6.92 Å². The summed E-state index contributed by atoms with van der Waals surface area (Å²) >= 11 is 0. The van der Waals surface area contributed by atoms with Crippen molar-refractivity contribution in [1.29, 1.82) is 0 Å². The van der Waals surface area contributed by atoms with Crippen LogP contribution in [-0.2, 0) is 14.3 Å². The lowest BCUT2D eigenvalue weighted by Crippen LogP contribution is -2.56. The van der Waals surface area contributed by atoms with Crippen LogP contribution in [0.25, 0.3) is 0 Å². The van der Waals surface area contributed by atoms with E-state index >= 15 is 0 Å². The number of ether oxygens (including phenoxy) is 1. The van der Waals surface area contributed by atoms with Crippen LogP contribution in [0.3, 0.4) is 0 Å². The van der Waals surface area contributed by atoms with Gasteiger partial charge < -0.3 is 4.74 Å². The SMILES string of the molecule is CCCCOC[C@@H](C)N1C(=O)CC(=O)NC1=O. The fourth-order valence-corrected chi connectivity index (χ4v) is 1.58. The molecule has 0 aliphatic carbocycles. The first-order valence-electron chi connectivity index (χ1n) is 5.79. The van der Waals surface area contributed by atoms with Gasteiger partial charge in [-0.1, -0.05) is 13.3 Å². The molecule has 0 bridgehead atoms. The Bertz CT molecular complexity index is 297. The Kier molecular flexibility index (Phi) is 5.09. The number of carbonyl (C=O) groups is 3. The molecule has 4 amide bonds. The highest BCUT2D eigenvalue weighted by atomic mass is 16.5. The minimum atomic E-state index is -0.655. The second-order valence-electron chi connectivity index (χ2n) is 4.07. The van der Waals surface area contributed by atoms with E-state index in [9.17, 15) is 14.4 Å². The lowest BCUT2D eigenvalue weighted by Gasteiger charge is -2.29. The number of hydrogen-bond acceptors (Lipinski definition) is 4. The fraction of sp³-hybridized carbons (Fsp3) is 0.727. The number of imide groups is 2. The normalized spacial score (nSPS) is 18.2. The average molecular weight is 242 g/mol. The Morgan fingerprint density at radius 1 is 1.41 bits per heavy atom. The smallest absolute Gasteiger partial charge is 0.331 e. The van der Waals surface area contributed by atoms with E-state index in [4.69, 9.17) is 4.74 Å². The van der Waals surface area contributed by atoms with Crippen LogP contribution in [0.1, 0.15) is 33.1 Å². The summed E-state index contributed by atoms with van der Waals surface area (Å²) in [5.74, 6) is -1.01. The molecule has 0 radical (unpaired) electrons. The predicted octanol–water partition coefficient (Wildman–Crippen LogP) is 0.660. The Morgan fingerprint density at radius 2 is 2.12 bits per heavy atom. The second kappa shape index (κ2) is 6.34. The molecule has 0 spiro atoms. The van der Waals surface area contributed by atoms with E-state index in [2.05, 4.69) is 12.2 Å². The van der Waals surface area contributed by atoms with E-state index in [1.807, 2.05) is 0 Å². The average Bonchev–Trinajstić information content (AvgIpc) is 2.23. The molecule has 1 rings (SSSR count). The zero-order valence-corrected chi connectivity index (χ0v) is 10.2. The second-order valence-corrected chi connectivity index (χ2v) is 4.07. The first-order valence-corrected chi connectivity index (χ1v) is 5.79. The van der Waals surface area contributed by atoms with Crippen LogP contribution in [0.4, 0.5) is 4.79 Å². The molecule has 0 aromatic rings. The minimum Gasteiger partial charge on any atom is -0.379 e. The Morgan fingerprint density at radius 3 is 2.71 bits per heavy atom. The van der Waals surface area contributed by atoms with Gasteiger partial charge in [0.15, 0.2) is 0 Å². The van der Waals surface area contributed by atoms with Crippen molar-refractivity contribution in [3.63, 3.8) is 0 Å². The van der Waals surface area contributed by atoms with Crippen molar-refractivity contribution in [3.8, 4) is 0 Å². The first-order chi connectivity index (χ1) is 8.06. The summed E-state index contributed by atoms with van der Waals surface area (Å²) in [7, 11) is 0. The van der Waals surface area contributed by atoms with Crippen LogP contribution in [-0.4, -0.2) is 42.0 Å². The van der Waals surface area contributed by atoms with Gasteiger partial charge in [0.25, 0.3) is 0 Å². The molecule has 1 saturated heterocycles. The molecular weight excluding hydrogens is 224 g/mol. The largest absolute Gasteiger partial charge is 0.379 e. The maximum atomic E-state index is 11.5. The number of carbonyl (C=O) groups excluding carboxylic acids is 3. The Balaban J connectivity index is 2.44. The van der Waals surface area contributed by atoms with Gasteiger partial charge in [0.2, 0.25) is 11.8 Å². The van der Waals surface area contributed by atoms with Crippen LogP contribution in [0.15, 0.2) is 0 Å². The van der Waals surface area contributed by atoms with Crippen LogP contribution in [0.5, 0.6) is 0 Å². The third kappa shape index (κ3) is 3.81. The zero-order chi connectivity index (χ0) is 12.8. The van der Waals surface area contributed by atoms with Gasteiger partial charge in [0.1, 0.15) is 6.42 Å². The summed E-state index contributed by atoms with van der Waals surface area (Å²) in [6, 6.07) is -1.01. The van der Waals surface area contributed by atoms with Crippen LogP contribution in [0.2, 0.25) is 0 Å². The molecule has 1 aliphatic heterocycles. The van der Waals surface area contributed by atoms with Crippen LogP contribution in [0, 0.1) is 0 Å². The molecule has 0 aromatic heterocycles. The van der Waals surface area contributed by atoms with Crippen LogP contribution < -0.4 is 5.32 Å². The van der Waals surface area contributed by atoms with E-state index < -0.39 is 17.8 Å². The molecule has 17 heavy (non-hydrogen) atoms. The third-order valence-corrected chi connectivity index (χ3v) is 2.49. The maximum absolute atomic E-state index is 11.5. The van der Waals surface area contributed by atoms with Crippen molar-refractivity contribution in [3.05, 3.63) is 0 Å². The monoisotopic (exact) mass is 242 g/mol. The molecule has 1 aliphatic rings. The number of rotatable bonds is 6. The van der Waals surface area contributed by atoms with Crippen molar-refractivity contribution in [1.82, 2.24) is 10.2 Å². The lowest BCUT2D eigenvalue weighted by molar-refractivity contribution is -0.138. The number of nitrogens with zero attached hydrogens (tertiary/aromatic N) is 1. The molecule has 0 aromatic carbocycles. The fourth-order valence-electron chi connectivity index (χ4n) is 1.58. The quantitative estimate of drug-likeness (QED) is 0.548. The summed E-state index contributed by atoms with van der Waals surface area (Å²) < 4.78 is 5.35. The van der Waals surface area contributed by atoms with Gasteiger partial charge in [-0.2, -0.15) is 0 Å². The highest BCUT2D eigenvalue weighted by molar-refractivity contribution is 6.14. The lowest BCUT2D eigenvalue weighted by atomic mass is 10.2. The van der Waals surface area contributed by atoms with E-state index in [0.29, 0.717) is 13.2 Å². The summed E-state index contributed by atoms with van der Waals surface area (Å²) in [5, 5.41) is 2.11. The van der Waals surface area contributed by atoms with Gasteiger partial charge in [0, 0.05) is 6.61 Å². The highest BCUT2D eigenvalue weighted by Crippen LogP contribution is 2.08. The first kappa shape index (κ1) is 13.6. The summed E-state index contributed by atoms with van der Waals surface area (Å²) in [4.78, 5) is 35.0. The van der Waals surface area contributed by atoms with Crippen molar-refractivity contribution >= 4 is 17.8 Å². The Hall–Kier alpha value is -1.43. The molecule has 1 fully saturated rings. The molecule has 0 unspecified atom stereocenters. The van der Waals surface area contributed by atoms with Gasteiger partial charge in [0.05, 0.1) is 12.6 Å².